The van der Waals surface area contributed by atoms with Gasteiger partial charge in [0.05, 0.1) is 29.5 Å². The van der Waals surface area contributed by atoms with E-state index < -0.39 is 10.9 Å². The van der Waals surface area contributed by atoms with Crippen molar-refractivity contribution in [3.8, 4) is 11.5 Å². The van der Waals surface area contributed by atoms with E-state index in [9.17, 15) is 14.9 Å². The van der Waals surface area contributed by atoms with Gasteiger partial charge in [-0.2, -0.15) is 5.10 Å². The minimum absolute atomic E-state index is 0.0169. The van der Waals surface area contributed by atoms with E-state index in [0.717, 1.165) is 5.56 Å². The molecule has 10 heteroatoms. The van der Waals surface area contributed by atoms with Crippen LogP contribution >= 0.6 is 11.6 Å². The predicted molar refractivity (Wildman–Crippen MR) is 120 cm³/mol. The molecule has 164 valence electrons. The largest absolute Gasteiger partial charge is 0.493 e. The number of carbonyl (C=O) groups is 1. The number of carboxylic acids is 1. The van der Waals surface area contributed by atoms with Gasteiger partial charge in [-0.25, -0.2) is 4.79 Å². The molecule has 0 heterocycles. The summed E-state index contributed by atoms with van der Waals surface area (Å²) in [4.78, 5) is 22.1. The molecule has 0 aromatic heterocycles. The van der Waals surface area contributed by atoms with Crippen LogP contribution in [0.1, 0.15) is 21.5 Å². The molecule has 0 atom stereocenters. The third-order valence-corrected chi connectivity index (χ3v) is 4.50. The van der Waals surface area contributed by atoms with Gasteiger partial charge in [-0.15, -0.1) is 0 Å². The third-order valence-electron chi connectivity index (χ3n) is 4.26. The van der Waals surface area contributed by atoms with E-state index in [1.54, 1.807) is 42.5 Å². The summed E-state index contributed by atoms with van der Waals surface area (Å²) in [6, 6.07) is 15.9. The first-order valence-electron chi connectivity index (χ1n) is 9.23. The molecule has 9 nitrogen and oxygen atoms in total. The van der Waals surface area contributed by atoms with E-state index >= 15 is 0 Å². The summed E-state index contributed by atoms with van der Waals surface area (Å²) in [6.45, 7) is 0.0622. The SMILES string of the molecule is COc1cc(C=NNc2cccc(C(=O)O)c2)cc([N+](=O)[O-])c1OCc1cccc(Cl)c1. The van der Waals surface area contributed by atoms with Gasteiger partial charge in [0.2, 0.25) is 5.75 Å². The summed E-state index contributed by atoms with van der Waals surface area (Å²) in [7, 11) is 1.38. The van der Waals surface area contributed by atoms with Gasteiger partial charge < -0.3 is 14.6 Å². The Bertz CT molecular complexity index is 1180. The number of hydrogen-bond acceptors (Lipinski definition) is 7. The number of nitrogens with one attached hydrogen (secondary N) is 1. The molecule has 0 amide bonds. The van der Waals surface area contributed by atoms with Crippen molar-refractivity contribution in [1.82, 2.24) is 0 Å². The molecule has 0 saturated heterocycles. The van der Waals surface area contributed by atoms with Crippen LogP contribution in [-0.2, 0) is 6.61 Å². The fourth-order valence-electron chi connectivity index (χ4n) is 2.80. The lowest BCUT2D eigenvalue weighted by molar-refractivity contribution is -0.386. The average molecular weight is 456 g/mol. The van der Waals surface area contributed by atoms with Crippen LogP contribution in [0.2, 0.25) is 5.02 Å². The number of nitrogens with zero attached hydrogens (tertiary/aromatic N) is 2. The topological polar surface area (TPSA) is 123 Å². The summed E-state index contributed by atoms with van der Waals surface area (Å²) in [5.41, 5.74) is 4.07. The Morgan fingerprint density at radius 2 is 2.00 bits per heavy atom. The van der Waals surface area contributed by atoms with Crippen LogP contribution in [0, 0.1) is 10.1 Å². The number of halogens is 1. The maximum atomic E-state index is 11.6. The van der Waals surface area contributed by atoms with Gasteiger partial charge in [0.25, 0.3) is 0 Å². The lowest BCUT2D eigenvalue weighted by Gasteiger charge is -2.12. The summed E-state index contributed by atoms with van der Waals surface area (Å²) >= 11 is 5.97. The van der Waals surface area contributed by atoms with Gasteiger partial charge in [0.15, 0.2) is 5.75 Å². The first-order valence-corrected chi connectivity index (χ1v) is 9.61. The van der Waals surface area contributed by atoms with Crippen molar-refractivity contribution < 1.29 is 24.3 Å². The molecule has 2 N–H and O–H groups in total. The zero-order valence-electron chi connectivity index (χ0n) is 16.8. The van der Waals surface area contributed by atoms with Crippen molar-refractivity contribution in [2.75, 3.05) is 12.5 Å². The van der Waals surface area contributed by atoms with E-state index in [1.165, 1.54) is 31.5 Å². The van der Waals surface area contributed by atoms with E-state index in [0.29, 0.717) is 16.3 Å². The number of benzene rings is 3. The maximum absolute atomic E-state index is 11.6. The number of methoxy groups -OCH3 is 1. The van der Waals surface area contributed by atoms with Gasteiger partial charge >= 0.3 is 11.7 Å². The molecular formula is C22H18ClN3O6. The normalized spacial score (nSPS) is 10.7. The molecule has 0 aliphatic rings. The Labute approximate surface area is 188 Å². The average Bonchev–Trinajstić information content (AvgIpc) is 2.77. The molecule has 32 heavy (non-hydrogen) atoms. The highest BCUT2D eigenvalue weighted by Crippen LogP contribution is 2.38. The molecule has 0 radical (unpaired) electrons. The number of hydrazone groups is 1. The van der Waals surface area contributed by atoms with Crippen LogP contribution < -0.4 is 14.9 Å². The number of anilines is 1. The summed E-state index contributed by atoms with van der Waals surface area (Å²) in [6.07, 6.45) is 1.35. The standard InChI is InChI=1S/C22H18ClN3O6/c1-31-20-10-15(12-24-25-18-7-3-5-16(11-18)22(27)28)9-19(26(29)30)21(20)32-13-14-4-2-6-17(23)8-14/h2-12,25H,13H2,1H3,(H,27,28). The first-order chi connectivity index (χ1) is 15.4. The highest BCUT2D eigenvalue weighted by molar-refractivity contribution is 6.30. The zero-order valence-corrected chi connectivity index (χ0v) is 17.6. The Hall–Kier alpha value is -4.11. The molecule has 3 aromatic rings. The van der Waals surface area contributed by atoms with Gasteiger partial charge in [-0.3, -0.25) is 15.5 Å². The lowest BCUT2D eigenvalue weighted by atomic mass is 10.1. The molecule has 0 fully saturated rings. The lowest BCUT2D eigenvalue weighted by Crippen LogP contribution is -2.03. The van der Waals surface area contributed by atoms with Gasteiger partial charge in [0.1, 0.15) is 6.61 Å². The summed E-state index contributed by atoms with van der Waals surface area (Å²) in [5, 5.41) is 25.2. The van der Waals surface area contributed by atoms with Crippen molar-refractivity contribution in [2.24, 2.45) is 5.10 Å². The quantitative estimate of drug-likeness (QED) is 0.265. The van der Waals surface area contributed by atoms with E-state index in [-0.39, 0.29) is 29.4 Å². The molecule has 0 spiro atoms. The second kappa shape index (κ2) is 10.3. The van der Waals surface area contributed by atoms with Crippen molar-refractivity contribution >= 4 is 35.2 Å². The molecule has 3 rings (SSSR count). The van der Waals surface area contributed by atoms with Crippen LogP contribution in [0.25, 0.3) is 0 Å². The molecule has 0 aliphatic carbocycles. The zero-order chi connectivity index (χ0) is 23.1. The Morgan fingerprint density at radius 1 is 1.22 bits per heavy atom. The van der Waals surface area contributed by atoms with Crippen LogP contribution in [0.15, 0.2) is 65.8 Å². The molecular weight excluding hydrogens is 438 g/mol. The molecule has 0 aliphatic heterocycles. The van der Waals surface area contributed by atoms with Crippen LogP contribution in [0.5, 0.6) is 11.5 Å². The van der Waals surface area contributed by atoms with Crippen molar-refractivity contribution in [3.05, 3.63) is 92.5 Å². The maximum Gasteiger partial charge on any atom is 0.335 e. The molecule has 0 bridgehead atoms. The van der Waals surface area contributed by atoms with Gasteiger partial charge in [-0.1, -0.05) is 29.8 Å². The van der Waals surface area contributed by atoms with E-state index in [4.69, 9.17) is 26.2 Å². The smallest absolute Gasteiger partial charge is 0.335 e. The number of ether oxygens (including phenoxy) is 2. The fraction of sp³-hybridized carbons (Fsp3) is 0.0909. The van der Waals surface area contributed by atoms with Crippen molar-refractivity contribution in [2.45, 2.75) is 6.61 Å². The minimum atomic E-state index is -1.06. The number of rotatable bonds is 9. The van der Waals surface area contributed by atoms with Crippen LogP contribution in [-0.4, -0.2) is 29.3 Å². The van der Waals surface area contributed by atoms with Crippen LogP contribution in [0.3, 0.4) is 0 Å². The number of hydrogen-bond donors (Lipinski definition) is 2. The fourth-order valence-corrected chi connectivity index (χ4v) is 3.01. The van der Waals surface area contributed by atoms with Gasteiger partial charge in [-0.05, 0) is 42.0 Å². The molecule has 3 aromatic carbocycles. The van der Waals surface area contributed by atoms with Gasteiger partial charge in [0, 0.05) is 16.7 Å². The Balaban J connectivity index is 1.82. The molecule has 0 saturated carbocycles. The Kier molecular flexibility index (Phi) is 7.25. The summed E-state index contributed by atoms with van der Waals surface area (Å²) < 4.78 is 11.0. The highest BCUT2D eigenvalue weighted by atomic mass is 35.5. The second-order valence-electron chi connectivity index (χ2n) is 6.50. The van der Waals surface area contributed by atoms with Crippen molar-refractivity contribution in [1.29, 1.82) is 0 Å². The highest BCUT2D eigenvalue weighted by Gasteiger charge is 2.22. The third kappa shape index (κ3) is 5.73. The molecule has 0 unspecified atom stereocenters. The first kappa shape index (κ1) is 22.6. The predicted octanol–water partition coefficient (Wildman–Crippen LogP) is 4.98. The number of nitro benzene ring substituents is 1. The minimum Gasteiger partial charge on any atom is -0.493 e. The number of nitro groups is 1. The van der Waals surface area contributed by atoms with E-state index in [2.05, 4.69) is 10.5 Å². The second-order valence-corrected chi connectivity index (χ2v) is 6.94. The Morgan fingerprint density at radius 3 is 2.69 bits per heavy atom. The monoisotopic (exact) mass is 455 g/mol. The van der Waals surface area contributed by atoms with E-state index in [1.807, 2.05) is 0 Å². The number of carboxylic acid groups (broad SMARTS) is 1. The van der Waals surface area contributed by atoms with Crippen molar-refractivity contribution in [3.63, 3.8) is 0 Å². The number of aromatic carboxylic acids is 1. The van der Waals surface area contributed by atoms with Crippen LogP contribution in [0.4, 0.5) is 11.4 Å². The summed E-state index contributed by atoms with van der Waals surface area (Å²) in [5.74, 6) is -0.918.